The summed E-state index contributed by atoms with van der Waals surface area (Å²) in [5, 5.41) is 5.52. The van der Waals surface area contributed by atoms with Crippen LogP contribution in [0, 0.1) is 6.92 Å². The lowest BCUT2D eigenvalue weighted by atomic mass is 10.1. The molecule has 0 atom stereocenters. The Bertz CT molecular complexity index is 748. The Labute approximate surface area is 145 Å². The van der Waals surface area contributed by atoms with Gasteiger partial charge in [0.25, 0.3) is 0 Å². The van der Waals surface area contributed by atoms with Gasteiger partial charge >= 0.3 is 0 Å². The van der Waals surface area contributed by atoms with Crippen LogP contribution in [0.3, 0.4) is 0 Å². The molecule has 0 saturated heterocycles. The molecule has 6 heteroatoms. The van der Waals surface area contributed by atoms with Crippen LogP contribution in [0.15, 0.2) is 29.6 Å². The fraction of sp³-hybridized carbons (Fsp3) is 0.389. The highest BCUT2D eigenvalue weighted by Crippen LogP contribution is 2.36. The second-order valence-electron chi connectivity index (χ2n) is 6.20. The van der Waals surface area contributed by atoms with Crippen LogP contribution in [0.5, 0.6) is 5.75 Å². The quantitative estimate of drug-likeness (QED) is 0.839. The molecule has 1 aromatic carbocycles. The van der Waals surface area contributed by atoms with E-state index in [4.69, 9.17) is 4.74 Å². The summed E-state index contributed by atoms with van der Waals surface area (Å²) in [6.45, 7) is 3.93. The number of ketones is 1. The molecule has 0 bridgehead atoms. The first-order valence-electron chi connectivity index (χ1n) is 7.92. The Morgan fingerprint density at radius 1 is 1.29 bits per heavy atom. The van der Waals surface area contributed by atoms with E-state index in [1.54, 1.807) is 0 Å². The number of aryl methyl sites for hydroxylation is 1. The van der Waals surface area contributed by atoms with E-state index < -0.39 is 5.54 Å². The molecular weight excluding hydrogens is 324 g/mol. The number of hydrogen-bond acceptors (Lipinski definition) is 5. The number of Topliss-reactive ketones (excluding diaryl/α,β-unsaturated/α-hetero) is 1. The molecule has 5 nitrogen and oxygen atoms in total. The second-order valence-corrected chi connectivity index (χ2v) is 7.14. The number of aromatic nitrogens is 1. The van der Waals surface area contributed by atoms with Crippen molar-refractivity contribution in [3.8, 4) is 5.75 Å². The maximum absolute atomic E-state index is 12.1. The first-order chi connectivity index (χ1) is 11.5. The van der Waals surface area contributed by atoms with Gasteiger partial charge in [-0.05, 0) is 38.8 Å². The van der Waals surface area contributed by atoms with Gasteiger partial charge in [0.1, 0.15) is 17.4 Å². The summed E-state index contributed by atoms with van der Waals surface area (Å²) in [6.07, 6.45) is 1.66. The number of thiazole rings is 1. The molecule has 1 aliphatic rings. The van der Waals surface area contributed by atoms with Crippen molar-refractivity contribution < 1.29 is 14.3 Å². The summed E-state index contributed by atoms with van der Waals surface area (Å²) in [4.78, 5) is 28.0. The minimum absolute atomic E-state index is 0.0290. The summed E-state index contributed by atoms with van der Waals surface area (Å²) in [6, 6.07) is 7.84. The molecule has 1 amide bonds. The van der Waals surface area contributed by atoms with Gasteiger partial charge in [-0.1, -0.05) is 17.7 Å². The molecule has 1 aromatic heterocycles. The van der Waals surface area contributed by atoms with E-state index in [-0.39, 0.29) is 18.1 Å². The first kappa shape index (κ1) is 16.6. The number of nitrogens with one attached hydrogen (secondary N) is 1. The molecule has 0 radical (unpaired) electrons. The maximum atomic E-state index is 12.1. The Morgan fingerprint density at radius 2 is 2.00 bits per heavy atom. The molecule has 1 N–H and O–H groups in total. The second kappa shape index (κ2) is 6.73. The van der Waals surface area contributed by atoms with Crippen LogP contribution in [0.2, 0.25) is 0 Å². The average molecular weight is 344 g/mol. The van der Waals surface area contributed by atoms with Crippen molar-refractivity contribution in [2.75, 3.05) is 0 Å². The Morgan fingerprint density at radius 3 is 2.62 bits per heavy atom. The van der Waals surface area contributed by atoms with E-state index in [1.807, 2.05) is 36.6 Å². The molecule has 1 fully saturated rings. The zero-order valence-corrected chi connectivity index (χ0v) is 14.6. The molecule has 1 aliphatic carbocycles. The number of ether oxygens (including phenoxy) is 1. The number of carbonyl (C=O) groups is 2. The van der Waals surface area contributed by atoms with E-state index >= 15 is 0 Å². The van der Waals surface area contributed by atoms with Crippen LogP contribution in [0.25, 0.3) is 0 Å². The molecule has 0 unspecified atom stereocenters. The normalized spacial score (nSPS) is 14.9. The summed E-state index contributed by atoms with van der Waals surface area (Å²) < 4.78 is 5.69. The summed E-state index contributed by atoms with van der Waals surface area (Å²) in [5.41, 5.74) is 1.29. The molecule has 0 aliphatic heterocycles. The van der Waals surface area contributed by atoms with Gasteiger partial charge in [-0.2, -0.15) is 0 Å². The zero-order valence-electron chi connectivity index (χ0n) is 13.8. The van der Waals surface area contributed by atoms with Gasteiger partial charge in [0, 0.05) is 5.38 Å². The van der Waals surface area contributed by atoms with Crippen LogP contribution in [-0.2, 0) is 22.6 Å². The maximum Gasteiger partial charge on any atom is 0.226 e. The Balaban J connectivity index is 1.51. The highest BCUT2D eigenvalue weighted by molar-refractivity contribution is 7.09. The van der Waals surface area contributed by atoms with Crippen LogP contribution < -0.4 is 10.1 Å². The number of benzene rings is 1. The van der Waals surface area contributed by atoms with Crippen molar-refractivity contribution >= 4 is 23.0 Å². The minimum atomic E-state index is -0.607. The molecule has 1 heterocycles. The smallest absolute Gasteiger partial charge is 0.226 e. The third-order valence-corrected chi connectivity index (χ3v) is 5.00. The van der Waals surface area contributed by atoms with Gasteiger partial charge in [0.05, 0.1) is 17.7 Å². The van der Waals surface area contributed by atoms with Gasteiger partial charge in [0.15, 0.2) is 5.78 Å². The number of carbonyl (C=O) groups excluding carboxylic acids is 2. The van der Waals surface area contributed by atoms with Crippen LogP contribution in [0.1, 0.15) is 36.0 Å². The van der Waals surface area contributed by atoms with E-state index in [9.17, 15) is 9.59 Å². The van der Waals surface area contributed by atoms with Crippen molar-refractivity contribution in [2.24, 2.45) is 0 Å². The molecular formula is C18H20N2O3S. The van der Waals surface area contributed by atoms with Crippen molar-refractivity contribution in [3.63, 3.8) is 0 Å². The Kier molecular flexibility index (Phi) is 4.66. The standard InChI is InChI=1S/C18H20N2O3S/c1-12-3-5-15(6-4-12)23-10-17-19-14(11-24-17)9-16(22)20-18(7-8-18)13(2)21/h3-6,11H,7-10H2,1-2H3,(H,20,22). The number of nitrogens with zero attached hydrogens (tertiary/aromatic N) is 1. The molecule has 126 valence electrons. The number of amides is 1. The lowest BCUT2D eigenvalue weighted by Crippen LogP contribution is -2.42. The van der Waals surface area contributed by atoms with Crippen molar-refractivity contribution in [3.05, 3.63) is 45.9 Å². The fourth-order valence-corrected chi connectivity index (χ4v) is 3.15. The summed E-state index contributed by atoms with van der Waals surface area (Å²) >= 11 is 1.47. The molecule has 2 aromatic rings. The third-order valence-electron chi connectivity index (χ3n) is 4.13. The number of hydrogen-bond donors (Lipinski definition) is 1. The first-order valence-corrected chi connectivity index (χ1v) is 8.80. The summed E-state index contributed by atoms with van der Waals surface area (Å²) in [7, 11) is 0. The van der Waals surface area contributed by atoms with Crippen molar-refractivity contribution in [1.29, 1.82) is 0 Å². The fourth-order valence-electron chi connectivity index (χ4n) is 2.44. The van der Waals surface area contributed by atoms with Crippen LogP contribution in [-0.4, -0.2) is 22.2 Å². The largest absolute Gasteiger partial charge is 0.486 e. The van der Waals surface area contributed by atoms with Gasteiger partial charge < -0.3 is 10.1 Å². The monoisotopic (exact) mass is 344 g/mol. The molecule has 3 rings (SSSR count). The van der Waals surface area contributed by atoms with Gasteiger partial charge in [0.2, 0.25) is 5.91 Å². The van der Waals surface area contributed by atoms with Crippen molar-refractivity contribution in [2.45, 2.75) is 45.3 Å². The van der Waals surface area contributed by atoms with Gasteiger partial charge in [-0.3, -0.25) is 9.59 Å². The van der Waals surface area contributed by atoms with E-state index in [0.29, 0.717) is 12.3 Å². The van der Waals surface area contributed by atoms with Gasteiger partial charge in [-0.25, -0.2) is 4.98 Å². The van der Waals surface area contributed by atoms with E-state index in [2.05, 4.69) is 10.3 Å². The third kappa shape index (κ3) is 4.00. The molecule has 24 heavy (non-hydrogen) atoms. The predicted molar refractivity (Wildman–Crippen MR) is 92.1 cm³/mol. The minimum Gasteiger partial charge on any atom is -0.486 e. The predicted octanol–water partition coefficient (Wildman–Crippen LogP) is 2.81. The highest BCUT2D eigenvalue weighted by atomic mass is 32.1. The molecule has 1 saturated carbocycles. The highest BCUT2D eigenvalue weighted by Gasteiger charge is 2.48. The Hall–Kier alpha value is -2.21. The number of rotatable bonds is 7. The zero-order chi connectivity index (χ0) is 17.2. The summed E-state index contributed by atoms with van der Waals surface area (Å²) in [5.74, 6) is 0.674. The SMILES string of the molecule is CC(=O)C1(NC(=O)Cc2csc(COc3ccc(C)cc3)n2)CC1. The molecule has 0 spiro atoms. The van der Waals surface area contributed by atoms with E-state index in [1.165, 1.54) is 23.8 Å². The van der Waals surface area contributed by atoms with Crippen LogP contribution in [0.4, 0.5) is 0 Å². The topological polar surface area (TPSA) is 68.3 Å². The lowest BCUT2D eigenvalue weighted by molar-refractivity contribution is -0.127. The van der Waals surface area contributed by atoms with E-state index in [0.717, 1.165) is 23.6 Å². The van der Waals surface area contributed by atoms with Crippen molar-refractivity contribution in [1.82, 2.24) is 10.3 Å². The van der Waals surface area contributed by atoms with Crippen LogP contribution >= 0.6 is 11.3 Å². The lowest BCUT2D eigenvalue weighted by Gasteiger charge is -2.13. The average Bonchev–Trinajstić information content (AvgIpc) is 3.19. The van der Waals surface area contributed by atoms with Gasteiger partial charge in [-0.15, -0.1) is 11.3 Å².